The number of amides is 1. The molecule has 0 bridgehead atoms. The summed E-state index contributed by atoms with van der Waals surface area (Å²) < 4.78 is 1.98. The Balaban J connectivity index is 2.16. The molecular weight excluding hydrogens is 326 g/mol. The molecule has 2 aromatic rings. The summed E-state index contributed by atoms with van der Waals surface area (Å²) in [5, 5.41) is 15.7. The molecule has 1 heterocycles. The van der Waals surface area contributed by atoms with Gasteiger partial charge in [0.2, 0.25) is 5.91 Å². The summed E-state index contributed by atoms with van der Waals surface area (Å²) in [5.41, 5.74) is 0.518. The molecule has 6 nitrogen and oxygen atoms in total. The van der Waals surface area contributed by atoms with E-state index in [-0.39, 0.29) is 11.5 Å². The topological polar surface area (TPSA) is 84.2 Å². The Bertz CT molecular complexity index is 640. The van der Waals surface area contributed by atoms with Gasteiger partial charge in [-0.2, -0.15) is 5.10 Å². The first kappa shape index (κ1) is 14.3. The number of rotatable bonds is 4. The smallest absolute Gasteiger partial charge is 0.336 e. The fraction of sp³-hybridized carbons (Fsp3) is 0.154. The number of hydrogen-bond acceptors (Lipinski definition) is 3. The molecule has 1 aromatic heterocycles. The summed E-state index contributed by atoms with van der Waals surface area (Å²) in [6.07, 6.45) is 3.28. The van der Waals surface area contributed by atoms with Crippen LogP contribution in [-0.4, -0.2) is 26.8 Å². The molecule has 0 radical (unpaired) electrons. The van der Waals surface area contributed by atoms with Gasteiger partial charge in [-0.05, 0) is 47.1 Å². The van der Waals surface area contributed by atoms with E-state index >= 15 is 0 Å². The summed E-state index contributed by atoms with van der Waals surface area (Å²) in [7, 11) is 0. The molecule has 1 amide bonds. The van der Waals surface area contributed by atoms with Crippen LogP contribution in [0.15, 0.2) is 41.1 Å². The highest BCUT2D eigenvalue weighted by molar-refractivity contribution is 9.10. The number of carbonyl (C=O) groups is 2. The van der Waals surface area contributed by atoms with Crippen LogP contribution in [0.3, 0.4) is 0 Å². The molecule has 7 heteroatoms. The maximum Gasteiger partial charge on any atom is 0.336 e. The number of nitrogens with zero attached hydrogens (tertiary/aromatic N) is 2. The highest BCUT2D eigenvalue weighted by Crippen LogP contribution is 2.21. The van der Waals surface area contributed by atoms with Crippen LogP contribution >= 0.6 is 15.9 Å². The van der Waals surface area contributed by atoms with Crippen molar-refractivity contribution in [1.82, 2.24) is 9.78 Å². The molecule has 0 aliphatic heterocycles. The summed E-state index contributed by atoms with van der Waals surface area (Å²) in [5.74, 6) is -1.33. The molecule has 104 valence electrons. The van der Waals surface area contributed by atoms with Crippen molar-refractivity contribution in [3.05, 3.63) is 46.7 Å². The average molecular weight is 338 g/mol. The van der Waals surface area contributed by atoms with Crippen LogP contribution in [0.4, 0.5) is 5.69 Å². The van der Waals surface area contributed by atoms with Gasteiger partial charge in [-0.15, -0.1) is 0 Å². The van der Waals surface area contributed by atoms with E-state index in [2.05, 4.69) is 26.3 Å². The molecule has 0 saturated heterocycles. The highest BCUT2D eigenvalue weighted by Gasteiger charge is 2.16. The van der Waals surface area contributed by atoms with E-state index in [1.165, 1.54) is 10.7 Å². The molecule has 0 spiro atoms. The third-order valence-corrected chi connectivity index (χ3v) is 3.46. The summed E-state index contributed by atoms with van der Waals surface area (Å²) in [6, 6.07) is 5.86. The molecule has 0 aliphatic carbocycles. The Morgan fingerprint density at radius 1 is 1.45 bits per heavy atom. The second-order valence-corrected chi connectivity index (χ2v) is 5.01. The van der Waals surface area contributed by atoms with Gasteiger partial charge < -0.3 is 10.4 Å². The van der Waals surface area contributed by atoms with E-state index < -0.39 is 12.0 Å². The van der Waals surface area contributed by atoms with Crippen LogP contribution in [0, 0.1) is 0 Å². The zero-order valence-electron chi connectivity index (χ0n) is 10.6. The predicted octanol–water partition coefficient (Wildman–Crippen LogP) is 2.54. The predicted molar refractivity (Wildman–Crippen MR) is 76.7 cm³/mol. The number of carbonyl (C=O) groups excluding carboxylic acids is 1. The number of anilines is 1. The Labute approximate surface area is 123 Å². The van der Waals surface area contributed by atoms with Crippen LogP contribution < -0.4 is 5.32 Å². The van der Waals surface area contributed by atoms with Crippen molar-refractivity contribution in [3.8, 4) is 0 Å². The number of hydrogen-bond donors (Lipinski definition) is 2. The van der Waals surface area contributed by atoms with Gasteiger partial charge in [0.25, 0.3) is 0 Å². The van der Waals surface area contributed by atoms with Crippen molar-refractivity contribution in [2.75, 3.05) is 5.32 Å². The van der Waals surface area contributed by atoms with E-state index in [0.717, 1.165) is 0 Å². The summed E-state index contributed by atoms with van der Waals surface area (Å²) in [6.45, 7) is 1.71. The van der Waals surface area contributed by atoms with Crippen LogP contribution in [0.25, 0.3) is 0 Å². The minimum absolute atomic E-state index is 0.0922. The molecule has 0 saturated carbocycles. The minimum atomic E-state index is -1.06. The largest absolute Gasteiger partial charge is 0.478 e. The Morgan fingerprint density at radius 2 is 2.20 bits per heavy atom. The fourth-order valence-corrected chi connectivity index (χ4v) is 2.06. The van der Waals surface area contributed by atoms with Crippen molar-refractivity contribution in [1.29, 1.82) is 0 Å². The molecule has 1 aromatic carbocycles. The monoisotopic (exact) mass is 337 g/mol. The van der Waals surface area contributed by atoms with Crippen molar-refractivity contribution < 1.29 is 14.7 Å². The highest BCUT2D eigenvalue weighted by atomic mass is 79.9. The second-order valence-electron chi connectivity index (χ2n) is 4.15. The van der Waals surface area contributed by atoms with Gasteiger partial charge in [-0.3, -0.25) is 9.48 Å². The van der Waals surface area contributed by atoms with Gasteiger partial charge in [0, 0.05) is 22.6 Å². The van der Waals surface area contributed by atoms with Gasteiger partial charge in [0.05, 0.1) is 5.56 Å². The first-order chi connectivity index (χ1) is 9.49. The van der Waals surface area contributed by atoms with Crippen molar-refractivity contribution in [3.63, 3.8) is 0 Å². The van der Waals surface area contributed by atoms with Gasteiger partial charge >= 0.3 is 5.97 Å². The Morgan fingerprint density at radius 3 is 2.80 bits per heavy atom. The number of aromatic nitrogens is 2. The van der Waals surface area contributed by atoms with E-state index in [9.17, 15) is 9.59 Å². The number of carboxylic acids is 1. The van der Waals surface area contributed by atoms with Crippen molar-refractivity contribution >= 4 is 33.5 Å². The standard InChI is InChI=1S/C13H12BrN3O3/c1-8(17-6-2-5-15-17)12(18)16-9-3-4-11(14)10(7-9)13(19)20/h2-8H,1H3,(H,16,18)(H,19,20). The van der Waals surface area contributed by atoms with Gasteiger partial charge in [0.1, 0.15) is 6.04 Å². The molecular formula is C13H12BrN3O3. The Kier molecular flexibility index (Phi) is 4.19. The first-order valence-electron chi connectivity index (χ1n) is 5.82. The zero-order chi connectivity index (χ0) is 14.7. The lowest BCUT2D eigenvalue weighted by Gasteiger charge is -2.13. The lowest BCUT2D eigenvalue weighted by atomic mass is 10.2. The van der Waals surface area contributed by atoms with E-state index in [1.54, 1.807) is 37.5 Å². The molecule has 1 atom stereocenters. The van der Waals surface area contributed by atoms with E-state index in [1.807, 2.05) is 0 Å². The third kappa shape index (κ3) is 3.05. The number of carboxylic acid groups (broad SMARTS) is 1. The third-order valence-electron chi connectivity index (χ3n) is 2.77. The molecule has 1 unspecified atom stereocenters. The van der Waals surface area contributed by atoms with Crippen molar-refractivity contribution in [2.24, 2.45) is 0 Å². The molecule has 2 N–H and O–H groups in total. The maximum atomic E-state index is 12.0. The minimum Gasteiger partial charge on any atom is -0.478 e. The van der Waals surface area contributed by atoms with E-state index in [0.29, 0.717) is 10.2 Å². The van der Waals surface area contributed by atoms with Crippen LogP contribution in [0.2, 0.25) is 0 Å². The van der Waals surface area contributed by atoms with Gasteiger partial charge in [-0.1, -0.05) is 0 Å². The van der Waals surface area contributed by atoms with Gasteiger partial charge in [0.15, 0.2) is 0 Å². The summed E-state index contributed by atoms with van der Waals surface area (Å²) >= 11 is 3.15. The SMILES string of the molecule is CC(C(=O)Nc1ccc(Br)c(C(=O)O)c1)n1cccn1. The van der Waals surface area contributed by atoms with Crippen LogP contribution in [0.5, 0.6) is 0 Å². The lowest BCUT2D eigenvalue weighted by Crippen LogP contribution is -2.24. The molecule has 20 heavy (non-hydrogen) atoms. The zero-order valence-corrected chi connectivity index (χ0v) is 12.2. The maximum absolute atomic E-state index is 12.0. The quantitative estimate of drug-likeness (QED) is 0.897. The lowest BCUT2D eigenvalue weighted by molar-refractivity contribution is -0.119. The number of halogens is 1. The van der Waals surface area contributed by atoms with Gasteiger partial charge in [-0.25, -0.2) is 4.79 Å². The molecule has 0 aliphatic rings. The van der Waals surface area contributed by atoms with E-state index in [4.69, 9.17) is 5.11 Å². The first-order valence-corrected chi connectivity index (χ1v) is 6.61. The summed E-state index contributed by atoms with van der Waals surface area (Å²) in [4.78, 5) is 23.1. The number of aromatic carboxylic acids is 1. The Hall–Kier alpha value is -2.15. The van der Waals surface area contributed by atoms with Crippen molar-refractivity contribution in [2.45, 2.75) is 13.0 Å². The van der Waals surface area contributed by atoms with Crippen LogP contribution in [0.1, 0.15) is 23.3 Å². The normalized spacial score (nSPS) is 11.9. The second kappa shape index (κ2) is 5.87. The number of benzene rings is 1. The number of nitrogens with one attached hydrogen (secondary N) is 1. The fourth-order valence-electron chi connectivity index (χ4n) is 1.64. The molecule has 2 rings (SSSR count). The van der Waals surface area contributed by atoms with Crippen LogP contribution in [-0.2, 0) is 4.79 Å². The average Bonchev–Trinajstić information content (AvgIpc) is 2.93. The molecule has 0 fully saturated rings.